The minimum atomic E-state index is -4.66. The fourth-order valence-electron chi connectivity index (χ4n) is 5.33. The van der Waals surface area contributed by atoms with E-state index in [0.29, 0.717) is 34.3 Å². The molecule has 6 rings (SSSR count). The molecule has 1 fully saturated rings. The topological polar surface area (TPSA) is 208 Å². The Morgan fingerprint density at radius 3 is 2.15 bits per heavy atom. The number of esters is 1. The highest BCUT2D eigenvalue weighted by molar-refractivity contribution is 6.39. The van der Waals surface area contributed by atoms with Crippen LogP contribution in [0, 0.1) is 0 Å². The number of rotatable bonds is 15. The standard InChI is InChI=1S/C38H31Cl3F3N9O7/c1-58-33(57)27(18-46-31(55)32(56)47-25-11-13-29(45-17-25)60-28-12-8-23(40)16-26(28)41)49-30(54)20-2-9-24(10-3-20)48-34-50-35(52-36(51-34)59-19-38(42,43)44)53-37(14-15-37)21-4-6-22(39)7-5-21/h2-13,16-17,27H,14-15,18-19H2,1H3,(H,46,55)(H,47,56)(H,49,54)(H2,48,50,51,52,53)/t27-/m0/s1. The van der Waals surface area contributed by atoms with Gasteiger partial charge in [0.2, 0.25) is 17.8 Å². The van der Waals surface area contributed by atoms with Gasteiger partial charge in [-0.15, -0.1) is 0 Å². The monoisotopic (exact) mass is 887 g/mol. The predicted molar refractivity (Wildman–Crippen MR) is 213 cm³/mol. The molecular formula is C38H31Cl3F3N9O7. The molecule has 5 aromatic rings. The van der Waals surface area contributed by atoms with E-state index in [-0.39, 0.29) is 34.1 Å². The van der Waals surface area contributed by atoms with Crippen molar-refractivity contribution in [1.29, 1.82) is 0 Å². The second-order valence-electron chi connectivity index (χ2n) is 12.9. The highest BCUT2D eigenvalue weighted by Gasteiger charge is 2.45. The Bertz CT molecular complexity index is 2370. The van der Waals surface area contributed by atoms with Gasteiger partial charge in [-0.3, -0.25) is 14.4 Å². The fourth-order valence-corrected chi connectivity index (χ4v) is 5.91. The number of pyridine rings is 1. The highest BCUT2D eigenvalue weighted by atomic mass is 35.5. The average molecular weight is 889 g/mol. The summed E-state index contributed by atoms with van der Waals surface area (Å²) < 4.78 is 54.1. The third kappa shape index (κ3) is 11.8. The van der Waals surface area contributed by atoms with Gasteiger partial charge in [-0.1, -0.05) is 46.9 Å². The van der Waals surface area contributed by atoms with Crippen molar-refractivity contribution in [2.24, 2.45) is 0 Å². The number of ether oxygens (including phenoxy) is 3. The van der Waals surface area contributed by atoms with Crippen LogP contribution in [0.15, 0.2) is 85.1 Å². The van der Waals surface area contributed by atoms with Crippen LogP contribution in [0.1, 0.15) is 28.8 Å². The van der Waals surface area contributed by atoms with Gasteiger partial charge in [0.1, 0.15) is 11.8 Å². The number of anilines is 4. The fraction of sp³-hybridized carbons (Fsp3) is 0.211. The molecule has 1 atom stereocenters. The van der Waals surface area contributed by atoms with Crippen molar-refractivity contribution in [3.63, 3.8) is 0 Å². The molecule has 0 spiro atoms. The van der Waals surface area contributed by atoms with Gasteiger partial charge < -0.3 is 40.8 Å². The molecule has 1 aliphatic carbocycles. The molecule has 22 heteroatoms. The molecule has 0 aliphatic heterocycles. The maximum atomic E-state index is 13.1. The number of alkyl halides is 3. The van der Waals surface area contributed by atoms with Crippen LogP contribution in [0.4, 0.5) is 36.4 Å². The minimum Gasteiger partial charge on any atom is -0.467 e. The quantitative estimate of drug-likeness (QED) is 0.0540. The van der Waals surface area contributed by atoms with E-state index < -0.39 is 60.6 Å². The summed E-state index contributed by atoms with van der Waals surface area (Å²) in [6.45, 7) is -2.16. The smallest absolute Gasteiger partial charge is 0.422 e. The Morgan fingerprint density at radius 1 is 0.833 bits per heavy atom. The number of nitrogens with zero attached hydrogens (tertiary/aromatic N) is 4. The number of hydrogen-bond acceptors (Lipinski definition) is 13. The molecule has 60 heavy (non-hydrogen) atoms. The van der Waals surface area contributed by atoms with Gasteiger partial charge in [0.05, 0.1) is 29.6 Å². The van der Waals surface area contributed by atoms with E-state index >= 15 is 0 Å². The lowest BCUT2D eigenvalue weighted by molar-refractivity contribution is -0.154. The van der Waals surface area contributed by atoms with Gasteiger partial charge in [0.25, 0.3) is 5.91 Å². The van der Waals surface area contributed by atoms with Crippen molar-refractivity contribution in [2.45, 2.75) is 30.6 Å². The summed E-state index contributed by atoms with van der Waals surface area (Å²) in [4.78, 5) is 67.2. The lowest BCUT2D eigenvalue weighted by Gasteiger charge is -2.19. The van der Waals surface area contributed by atoms with Crippen LogP contribution in [-0.2, 0) is 24.7 Å². The Balaban J connectivity index is 1.05. The Hall–Kier alpha value is -6.44. The first-order valence-electron chi connectivity index (χ1n) is 17.5. The van der Waals surface area contributed by atoms with E-state index in [1.807, 2.05) is 12.1 Å². The zero-order valence-electron chi connectivity index (χ0n) is 30.9. The van der Waals surface area contributed by atoms with Crippen LogP contribution in [0.2, 0.25) is 15.1 Å². The van der Waals surface area contributed by atoms with Crippen LogP contribution in [-0.4, -0.2) is 76.1 Å². The lowest BCUT2D eigenvalue weighted by atomic mass is 10.1. The molecule has 2 aromatic heterocycles. The van der Waals surface area contributed by atoms with Crippen LogP contribution in [0.25, 0.3) is 0 Å². The molecule has 0 unspecified atom stereocenters. The molecule has 3 amide bonds. The Labute approximate surface area is 353 Å². The van der Waals surface area contributed by atoms with E-state index in [0.717, 1.165) is 12.7 Å². The second kappa shape index (κ2) is 18.6. The number of benzene rings is 3. The molecule has 3 aromatic carbocycles. The molecule has 1 saturated carbocycles. The Morgan fingerprint density at radius 2 is 1.52 bits per heavy atom. The van der Waals surface area contributed by atoms with Crippen molar-refractivity contribution in [3.05, 3.63) is 111 Å². The number of halogens is 6. The summed E-state index contributed by atoms with van der Waals surface area (Å²) in [5, 5.41) is 14.3. The van der Waals surface area contributed by atoms with Gasteiger partial charge in [0, 0.05) is 33.9 Å². The van der Waals surface area contributed by atoms with Crippen LogP contribution >= 0.6 is 34.8 Å². The van der Waals surface area contributed by atoms with Gasteiger partial charge in [0.15, 0.2) is 6.61 Å². The zero-order chi connectivity index (χ0) is 43.0. The van der Waals surface area contributed by atoms with Crippen LogP contribution in [0.5, 0.6) is 17.6 Å². The maximum absolute atomic E-state index is 13.1. The first-order valence-corrected chi connectivity index (χ1v) is 18.7. The lowest BCUT2D eigenvalue weighted by Crippen LogP contribution is -2.50. The number of amides is 3. The van der Waals surface area contributed by atoms with E-state index in [4.69, 9.17) is 49.0 Å². The molecule has 0 bridgehead atoms. The van der Waals surface area contributed by atoms with E-state index in [1.165, 1.54) is 48.7 Å². The van der Waals surface area contributed by atoms with Crippen LogP contribution in [0.3, 0.4) is 0 Å². The summed E-state index contributed by atoms with van der Waals surface area (Å²) in [7, 11) is 1.07. The summed E-state index contributed by atoms with van der Waals surface area (Å²) in [6.07, 6.45) is -2.04. The third-order valence-corrected chi connectivity index (χ3v) is 9.23. The molecule has 2 heterocycles. The van der Waals surface area contributed by atoms with Crippen LogP contribution < -0.4 is 36.1 Å². The largest absolute Gasteiger partial charge is 0.467 e. The first-order chi connectivity index (χ1) is 28.6. The molecule has 0 radical (unpaired) electrons. The predicted octanol–water partition coefficient (Wildman–Crippen LogP) is 6.83. The maximum Gasteiger partial charge on any atom is 0.422 e. The number of nitrogens with one attached hydrogen (secondary N) is 5. The number of aromatic nitrogens is 4. The summed E-state index contributed by atoms with van der Waals surface area (Å²) in [5.74, 6) is -3.70. The van der Waals surface area contributed by atoms with Crippen molar-refractivity contribution in [1.82, 2.24) is 30.6 Å². The molecule has 0 saturated heterocycles. The Kier molecular flexibility index (Phi) is 13.4. The van der Waals surface area contributed by atoms with E-state index in [9.17, 15) is 32.3 Å². The average Bonchev–Trinajstić information content (AvgIpc) is 4.00. The highest BCUT2D eigenvalue weighted by Crippen LogP contribution is 2.48. The number of methoxy groups -OCH3 is 1. The molecule has 312 valence electrons. The number of carbonyl (C=O) groups is 4. The second-order valence-corrected chi connectivity index (χ2v) is 14.1. The first kappa shape index (κ1) is 43.1. The van der Waals surface area contributed by atoms with Gasteiger partial charge in [-0.05, 0) is 79.1 Å². The van der Waals surface area contributed by atoms with Gasteiger partial charge >= 0.3 is 30.0 Å². The van der Waals surface area contributed by atoms with Crippen molar-refractivity contribution >= 4 is 81.8 Å². The van der Waals surface area contributed by atoms with E-state index in [2.05, 4.69) is 46.5 Å². The van der Waals surface area contributed by atoms with Crippen molar-refractivity contribution < 1.29 is 46.6 Å². The van der Waals surface area contributed by atoms with Gasteiger partial charge in [-0.2, -0.15) is 28.1 Å². The molecular weight excluding hydrogens is 858 g/mol. The number of carbonyl (C=O) groups excluding carboxylic acids is 4. The zero-order valence-corrected chi connectivity index (χ0v) is 33.2. The molecule has 16 nitrogen and oxygen atoms in total. The summed E-state index contributed by atoms with van der Waals surface area (Å²) >= 11 is 18.0. The molecule has 1 aliphatic rings. The van der Waals surface area contributed by atoms with Gasteiger partial charge in [-0.25, -0.2) is 9.78 Å². The van der Waals surface area contributed by atoms with E-state index in [1.54, 1.807) is 24.3 Å². The van der Waals surface area contributed by atoms with Crippen molar-refractivity contribution in [2.75, 3.05) is 36.2 Å². The summed E-state index contributed by atoms with van der Waals surface area (Å²) in [6, 6.07) is 18.2. The summed E-state index contributed by atoms with van der Waals surface area (Å²) in [5.41, 5.74) is 0.816. The number of hydrogen-bond donors (Lipinski definition) is 5. The normalized spacial score (nSPS) is 13.2. The molecule has 5 N–H and O–H groups in total. The van der Waals surface area contributed by atoms with Crippen molar-refractivity contribution in [3.8, 4) is 17.6 Å². The SMILES string of the molecule is COC(=O)[C@H](CNC(=O)C(=O)Nc1ccc(Oc2ccc(Cl)cc2Cl)nc1)NC(=O)c1ccc(Nc2nc(NC3(c4ccc(Cl)cc4)CC3)nc(OCC(F)(F)F)n2)cc1. The minimum absolute atomic E-state index is 0.0513. The third-order valence-electron chi connectivity index (χ3n) is 8.45.